The van der Waals surface area contributed by atoms with E-state index in [1.807, 2.05) is 0 Å². The number of alkyl halides is 3. The van der Waals surface area contributed by atoms with Crippen molar-refractivity contribution in [2.45, 2.75) is 6.18 Å². The molecule has 0 bridgehead atoms. The van der Waals surface area contributed by atoms with E-state index in [1.54, 1.807) is 66.2 Å². The Morgan fingerprint density at radius 1 is 0.795 bits per heavy atom. The second-order valence-electron chi connectivity index (χ2n) is 8.61. The van der Waals surface area contributed by atoms with Gasteiger partial charge in [0, 0.05) is 80.1 Å². The van der Waals surface area contributed by atoms with E-state index in [4.69, 9.17) is 0 Å². The summed E-state index contributed by atoms with van der Waals surface area (Å²) >= 11 is 0. The van der Waals surface area contributed by atoms with Gasteiger partial charge in [-0.25, -0.2) is 0 Å². The Morgan fingerprint density at radius 2 is 1.32 bits per heavy atom. The number of hydrogen-bond acceptors (Lipinski definition) is 2. The van der Waals surface area contributed by atoms with Crippen molar-refractivity contribution in [3.8, 4) is 22.8 Å². The summed E-state index contributed by atoms with van der Waals surface area (Å²) in [7, 11) is 3.52. The van der Waals surface area contributed by atoms with Crippen LogP contribution in [0.3, 0.4) is 0 Å². The van der Waals surface area contributed by atoms with Crippen LogP contribution in [0, 0.1) is 48.1 Å². The van der Waals surface area contributed by atoms with Crippen LogP contribution in [-0.2, 0) is 40.4 Å². The number of halogens is 7. The van der Waals surface area contributed by atoms with Crippen LogP contribution in [0.5, 0.6) is 0 Å². The number of nitrogens with zero attached hydrogens (tertiary/aromatic N) is 7. The van der Waals surface area contributed by atoms with Crippen molar-refractivity contribution >= 4 is 0 Å². The van der Waals surface area contributed by atoms with E-state index >= 15 is 0 Å². The summed E-state index contributed by atoms with van der Waals surface area (Å²) in [6, 6.07) is 14.6. The molecule has 0 aliphatic carbocycles. The maximum Gasteiger partial charge on any atom is 0.431 e. The number of pyridine rings is 1. The summed E-state index contributed by atoms with van der Waals surface area (Å²) < 4.78 is 94.3. The van der Waals surface area contributed by atoms with Crippen LogP contribution in [0.2, 0.25) is 0 Å². The van der Waals surface area contributed by atoms with Crippen LogP contribution in [0.15, 0.2) is 79.5 Å². The smallest absolute Gasteiger partial charge is 0.431 e. The number of imidazole rings is 2. The van der Waals surface area contributed by atoms with Gasteiger partial charge in [-0.2, -0.15) is 25.3 Å². The molecule has 4 heterocycles. The van der Waals surface area contributed by atoms with E-state index in [2.05, 4.69) is 40.0 Å². The molecule has 2 aromatic carbocycles. The Hall–Kier alpha value is -4.62. The fourth-order valence-electron chi connectivity index (χ4n) is 3.37. The molecule has 0 amide bonds. The molecular weight excluding hydrogens is 772 g/mol. The third-order valence-corrected chi connectivity index (χ3v) is 5.32. The SMILES string of the molecule is C[n+]1[c-]n(-c2[c-]cc(F)cc2F)cc1.C[n+]1[c-]n(-c2[c-]cc(F)cc2F)cc1.FC(F)(F)c1cc(-c2ccccn2)[n-]n1.[Ir]. The van der Waals surface area contributed by atoms with Gasteiger partial charge < -0.3 is 28.5 Å². The van der Waals surface area contributed by atoms with Crippen LogP contribution < -0.4 is 14.2 Å². The van der Waals surface area contributed by atoms with E-state index in [9.17, 15) is 30.7 Å². The first-order valence-electron chi connectivity index (χ1n) is 12.1. The molecule has 6 aromatic rings. The number of rotatable bonds is 3. The van der Waals surface area contributed by atoms with E-state index in [0.717, 1.165) is 30.3 Å². The maximum absolute atomic E-state index is 13.2. The Labute approximate surface area is 260 Å². The zero-order valence-electron chi connectivity index (χ0n) is 22.6. The fraction of sp³-hybridized carbons (Fsp3) is 0.103. The molecule has 0 saturated heterocycles. The molecule has 6 rings (SSSR count). The second kappa shape index (κ2) is 14.7. The van der Waals surface area contributed by atoms with Gasteiger partial charge in [-0.3, -0.25) is 22.5 Å². The molecular formula is C29H19F7IrN7-3. The van der Waals surface area contributed by atoms with E-state index in [1.165, 1.54) is 15.3 Å². The predicted molar refractivity (Wildman–Crippen MR) is 135 cm³/mol. The molecule has 231 valence electrons. The van der Waals surface area contributed by atoms with Crippen molar-refractivity contribution in [3.63, 3.8) is 0 Å². The largest absolute Gasteiger partial charge is 0.573 e. The molecule has 4 aromatic heterocycles. The Kier molecular flexibility index (Phi) is 11.3. The van der Waals surface area contributed by atoms with Gasteiger partial charge in [-0.05, 0) is 29.6 Å². The molecule has 1 radical (unpaired) electrons. The summed E-state index contributed by atoms with van der Waals surface area (Å²) in [5, 5.41) is 6.47. The molecule has 15 heteroatoms. The zero-order chi connectivity index (χ0) is 31.1. The number of benzene rings is 2. The second-order valence-corrected chi connectivity index (χ2v) is 8.61. The zero-order valence-corrected chi connectivity index (χ0v) is 25.0. The molecule has 0 N–H and O–H groups in total. The average Bonchev–Trinajstić information content (AvgIpc) is 3.71. The molecule has 0 spiro atoms. The Morgan fingerprint density at radius 3 is 1.68 bits per heavy atom. The molecule has 0 unspecified atom stereocenters. The first kappa shape index (κ1) is 33.9. The van der Waals surface area contributed by atoms with Crippen molar-refractivity contribution in [2.75, 3.05) is 0 Å². The number of aryl methyl sites for hydroxylation is 2. The predicted octanol–water partition coefficient (Wildman–Crippen LogP) is 4.48. The Bertz CT molecular complexity index is 1710. The van der Waals surface area contributed by atoms with E-state index < -0.39 is 35.1 Å². The first-order chi connectivity index (χ1) is 20.4. The van der Waals surface area contributed by atoms with Gasteiger partial charge >= 0.3 is 6.18 Å². The van der Waals surface area contributed by atoms with Crippen LogP contribution in [0.1, 0.15) is 5.69 Å². The molecule has 0 fully saturated rings. The van der Waals surface area contributed by atoms with E-state index in [-0.39, 0.29) is 37.2 Å². The van der Waals surface area contributed by atoms with Gasteiger partial charge in [0.05, 0.1) is 14.1 Å². The number of hydrogen-bond donors (Lipinski definition) is 0. The van der Waals surface area contributed by atoms with Crippen molar-refractivity contribution in [1.82, 2.24) is 24.3 Å². The Balaban J connectivity index is 0.000000178. The molecule has 7 nitrogen and oxygen atoms in total. The molecule has 0 atom stereocenters. The van der Waals surface area contributed by atoms with Gasteiger partial charge in [0.2, 0.25) is 12.7 Å². The van der Waals surface area contributed by atoms with Gasteiger partial charge in [-0.15, -0.1) is 24.3 Å². The molecule has 44 heavy (non-hydrogen) atoms. The summed E-state index contributed by atoms with van der Waals surface area (Å²) in [5.74, 6) is -2.58. The van der Waals surface area contributed by atoms with Gasteiger partial charge in [0.1, 0.15) is 5.69 Å². The third kappa shape index (κ3) is 8.94. The molecule has 0 aliphatic heterocycles. The summed E-state index contributed by atoms with van der Waals surface area (Å²) in [6.07, 6.45) is 9.26. The van der Waals surface area contributed by atoms with Gasteiger partial charge in [0.25, 0.3) is 0 Å². The molecule has 0 aliphatic rings. The first-order valence-corrected chi connectivity index (χ1v) is 12.1. The third-order valence-electron chi connectivity index (χ3n) is 5.32. The normalized spacial score (nSPS) is 10.7. The average molecular weight is 791 g/mol. The molecule has 0 saturated carbocycles. The minimum Gasteiger partial charge on any atom is -0.573 e. The van der Waals surface area contributed by atoms with Crippen molar-refractivity contribution < 1.29 is 60.0 Å². The van der Waals surface area contributed by atoms with Crippen molar-refractivity contribution in [1.29, 1.82) is 0 Å². The van der Waals surface area contributed by atoms with Crippen molar-refractivity contribution in [2.24, 2.45) is 14.1 Å². The van der Waals surface area contributed by atoms with Crippen LogP contribution >= 0.6 is 0 Å². The van der Waals surface area contributed by atoms with Crippen molar-refractivity contribution in [3.05, 3.63) is 133 Å². The fourth-order valence-corrected chi connectivity index (χ4v) is 3.37. The van der Waals surface area contributed by atoms with Crippen LogP contribution in [0.25, 0.3) is 22.8 Å². The standard InChI is InChI=1S/2C10H7F2N2.C9H5F3N3.Ir/c2*1-13-4-5-14(7-13)10-3-2-8(11)6-9(10)12;10-9(11,12)8-5-7(14-15-8)6-3-1-2-4-13-6;/h2*2,4-6H,1H3;1-5H;/q3*-1;. The summed E-state index contributed by atoms with van der Waals surface area (Å²) in [6.45, 7) is 0. The minimum atomic E-state index is -4.46. The summed E-state index contributed by atoms with van der Waals surface area (Å²) in [5.41, 5.74) is -0.175. The quantitative estimate of drug-likeness (QED) is 0.151. The van der Waals surface area contributed by atoms with Gasteiger partial charge in [-0.1, -0.05) is 11.8 Å². The van der Waals surface area contributed by atoms with E-state index in [0.29, 0.717) is 5.69 Å². The minimum absolute atomic E-state index is 0. The monoisotopic (exact) mass is 791 g/mol. The van der Waals surface area contributed by atoms with Gasteiger partial charge in [0.15, 0.2) is 0 Å². The number of aromatic nitrogens is 7. The van der Waals surface area contributed by atoms with Crippen LogP contribution in [-0.4, -0.2) is 19.2 Å². The maximum atomic E-state index is 13.2. The van der Waals surface area contributed by atoms with Crippen LogP contribution in [0.4, 0.5) is 30.7 Å². The topological polar surface area (TPSA) is 57.5 Å². The summed E-state index contributed by atoms with van der Waals surface area (Å²) in [4.78, 5) is 3.87.